The number of aromatic nitrogens is 4. The maximum atomic E-state index is 11.8. The van der Waals surface area contributed by atoms with Crippen molar-refractivity contribution in [2.45, 2.75) is 13.5 Å². The van der Waals surface area contributed by atoms with E-state index >= 15 is 0 Å². The molecule has 14 heavy (non-hydrogen) atoms. The predicted octanol–water partition coefficient (Wildman–Crippen LogP) is 0.986. The van der Waals surface area contributed by atoms with E-state index in [1.807, 2.05) is 6.92 Å². The lowest BCUT2D eigenvalue weighted by Gasteiger charge is -2.00. The second kappa shape index (κ2) is 3.67. The highest BCUT2D eigenvalue weighted by Crippen LogP contribution is 2.07. The second-order valence-electron chi connectivity index (χ2n) is 2.65. The lowest BCUT2D eigenvalue weighted by molar-refractivity contribution is 0.102. The van der Waals surface area contributed by atoms with Crippen molar-refractivity contribution in [3.63, 3.8) is 0 Å². The van der Waals surface area contributed by atoms with Crippen LogP contribution in [0.15, 0.2) is 17.6 Å². The minimum Gasteiger partial charge on any atom is -0.285 e. The third-order valence-corrected chi connectivity index (χ3v) is 2.35. The molecule has 5 nitrogen and oxygen atoms in total. The van der Waals surface area contributed by atoms with Gasteiger partial charge in [-0.15, -0.1) is 5.10 Å². The van der Waals surface area contributed by atoms with E-state index in [0.717, 1.165) is 0 Å². The standard InChI is InChI=1S/C8H8N4OS/c1-2-12-7(3-4-9-12)8(13)6-5-14-11-10-6/h3-5H,2H2,1H3. The Bertz CT molecular complexity index is 434. The van der Waals surface area contributed by atoms with Gasteiger partial charge in [-0.05, 0) is 24.5 Å². The Kier molecular flexibility index (Phi) is 2.36. The average molecular weight is 208 g/mol. The maximum Gasteiger partial charge on any atom is 0.232 e. The number of carbonyl (C=O) groups is 1. The molecule has 0 bridgehead atoms. The van der Waals surface area contributed by atoms with Crippen LogP contribution in [-0.4, -0.2) is 25.2 Å². The van der Waals surface area contributed by atoms with Crippen molar-refractivity contribution in [3.05, 3.63) is 29.0 Å². The Hall–Kier alpha value is -1.56. The van der Waals surface area contributed by atoms with Crippen molar-refractivity contribution in [2.24, 2.45) is 0 Å². The topological polar surface area (TPSA) is 60.7 Å². The van der Waals surface area contributed by atoms with Crippen molar-refractivity contribution in [1.29, 1.82) is 0 Å². The highest BCUT2D eigenvalue weighted by molar-refractivity contribution is 7.03. The van der Waals surface area contributed by atoms with Gasteiger partial charge < -0.3 is 0 Å². The number of ketones is 1. The molecule has 72 valence electrons. The highest BCUT2D eigenvalue weighted by atomic mass is 32.1. The molecule has 0 aliphatic rings. The number of rotatable bonds is 3. The molecular formula is C8H8N4OS. The van der Waals surface area contributed by atoms with E-state index in [0.29, 0.717) is 17.9 Å². The van der Waals surface area contributed by atoms with E-state index in [-0.39, 0.29) is 5.78 Å². The molecule has 0 unspecified atom stereocenters. The van der Waals surface area contributed by atoms with Crippen LogP contribution in [0.2, 0.25) is 0 Å². The minimum absolute atomic E-state index is 0.127. The largest absolute Gasteiger partial charge is 0.285 e. The minimum atomic E-state index is -0.127. The van der Waals surface area contributed by atoms with Crippen molar-refractivity contribution >= 4 is 17.3 Å². The molecule has 0 N–H and O–H groups in total. The first-order chi connectivity index (χ1) is 6.83. The Morgan fingerprint density at radius 1 is 1.64 bits per heavy atom. The van der Waals surface area contributed by atoms with E-state index in [9.17, 15) is 4.79 Å². The third kappa shape index (κ3) is 1.44. The van der Waals surface area contributed by atoms with Gasteiger partial charge in [0, 0.05) is 18.1 Å². The first-order valence-corrected chi connectivity index (χ1v) is 5.00. The summed E-state index contributed by atoms with van der Waals surface area (Å²) >= 11 is 1.17. The predicted molar refractivity (Wildman–Crippen MR) is 51.2 cm³/mol. The summed E-state index contributed by atoms with van der Waals surface area (Å²) in [5.41, 5.74) is 0.936. The molecule has 0 aliphatic carbocycles. The fourth-order valence-corrected chi connectivity index (χ4v) is 1.61. The summed E-state index contributed by atoms with van der Waals surface area (Å²) in [6, 6.07) is 1.69. The van der Waals surface area contributed by atoms with Gasteiger partial charge in [0.25, 0.3) is 0 Å². The smallest absolute Gasteiger partial charge is 0.232 e. The summed E-state index contributed by atoms with van der Waals surface area (Å²) in [5, 5.41) is 9.38. The molecule has 0 atom stereocenters. The summed E-state index contributed by atoms with van der Waals surface area (Å²) in [7, 11) is 0. The monoisotopic (exact) mass is 208 g/mol. The normalized spacial score (nSPS) is 10.4. The van der Waals surface area contributed by atoms with E-state index in [1.165, 1.54) is 11.5 Å². The molecule has 0 spiro atoms. The van der Waals surface area contributed by atoms with Crippen LogP contribution in [0, 0.1) is 0 Å². The Balaban J connectivity index is 2.36. The zero-order valence-corrected chi connectivity index (χ0v) is 8.36. The van der Waals surface area contributed by atoms with Crippen LogP contribution in [0.3, 0.4) is 0 Å². The summed E-state index contributed by atoms with van der Waals surface area (Å²) in [5.74, 6) is -0.127. The quantitative estimate of drug-likeness (QED) is 0.705. The summed E-state index contributed by atoms with van der Waals surface area (Å²) in [6.45, 7) is 2.61. The van der Waals surface area contributed by atoms with Crippen molar-refractivity contribution in [3.8, 4) is 0 Å². The first-order valence-electron chi connectivity index (χ1n) is 4.16. The van der Waals surface area contributed by atoms with Gasteiger partial charge in [0.15, 0.2) is 0 Å². The number of nitrogens with zero attached hydrogens (tertiary/aromatic N) is 4. The van der Waals surface area contributed by atoms with Gasteiger partial charge >= 0.3 is 0 Å². The number of hydrogen-bond donors (Lipinski definition) is 0. The van der Waals surface area contributed by atoms with Gasteiger partial charge in [-0.1, -0.05) is 4.49 Å². The molecule has 0 amide bonds. The second-order valence-corrected chi connectivity index (χ2v) is 3.26. The van der Waals surface area contributed by atoms with Crippen LogP contribution in [0.25, 0.3) is 0 Å². The van der Waals surface area contributed by atoms with E-state index in [4.69, 9.17) is 0 Å². The third-order valence-electron chi connectivity index (χ3n) is 1.84. The molecule has 0 aromatic carbocycles. The van der Waals surface area contributed by atoms with Crippen LogP contribution >= 0.6 is 11.5 Å². The molecule has 0 radical (unpaired) electrons. The molecule has 0 fully saturated rings. The fraction of sp³-hybridized carbons (Fsp3) is 0.250. The summed E-state index contributed by atoms with van der Waals surface area (Å²) in [6.07, 6.45) is 1.61. The zero-order valence-electron chi connectivity index (χ0n) is 7.54. The molecule has 6 heteroatoms. The van der Waals surface area contributed by atoms with Crippen LogP contribution in [0.5, 0.6) is 0 Å². The zero-order chi connectivity index (χ0) is 9.97. The number of carbonyl (C=O) groups excluding carboxylic acids is 1. The fourth-order valence-electron chi connectivity index (χ4n) is 1.17. The van der Waals surface area contributed by atoms with Crippen molar-refractivity contribution in [2.75, 3.05) is 0 Å². The lowest BCUT2D eigenvalue weighted by Crippen LogP contribution is -2.10. The van der Waals surface area contributed by atoms with Crippen LogP contribution < -0.4 is 0 Å². The van der Waals surface area contributed by atoms with Gasteiger partial charge in [0.05, 0.1) is 0 Å². The Morgan fingerprint density at radius 2 is 2.50 bits per heavy atom. The van der Waals surface area contributed by atoms with Crippen molar-refractivity contribution in [1.82, 2.24) is 19.4 Å². The molecule has 0 saturated heterocycles. The lowest BCUT2D eigenvalue weighted by atomic mass is 10.2. The summed E-state index contributed by atoms with van der Waals surface area (Å²) in [4.78, 5) is 11.8. The molecule has 2 aromatic rings. The van der Waals surface area contributed by atoms with Crippen LogP contribution in [-0.2, 0) is 6.54 Å². The van der Waals surface area contributed by atoms with Gasteiger partial charge in [-0.2, -0.15) is 5.10 Å². The average Bonchev–Trinajstić information content (AvgIpc) is 2.87. The Labute approximate surface area is 84.5 Å². The first kappa shape index (κ1) is 9.01. The van der Waals surface area contributed by atoms with Crippen LogP contribution in [0.4, 0.5) is 0 Å². The molecule has 2 aromatic heterocycles. The van der Waals surface area contributed by atoms with Crippen LogP contribution in [0.1, 0.15) is 23.1 Å². The van der Waals surface area contributed by atoms with Gasteiger partial charge in [0.1, 0.15) is 11.4 Å². The van der Waals surface area contributed by atoms with Gasteiger partial charge in [-0.3, -0.25) is 9.48 Å². The van der Waals surface area contributed by atoms with Crippen molar-refractivity contribution < 1.29 is 4.79 Å². The molecule has 2 heterocycles. The molecule has 0 aliphatic heterocycles. The number of aryl methyl sites for hydroxylation is 1. The molecule has 0 saturated carbocycles. The Morgan fingerprint density at radius 3 is 3.14 bits per heavy atom. The van der Waals surface area contributed by atoms with Gasteiger partial charge in [-0.25, -0.2) is 0 Å². The number of hydrogen-bond acceptors (Lipinski definition) is 5. The molecule has 2 rings (SSSR count). The maximum absolute atomic E-state index is 11.8. The summed E-state index contributed by atoms with van der Waals surface area (Å²) < 4.78 is 5.29. The molecular weight excluding hydrogens is 200 g/mol. The SMILES string of the molecule is CCn1nccc1C(=O)c1csnn1. The van der Waals surface area contributed by atoms with E-state index in [1.54, 1.807) is 22.3 Å². The van der Waals surface area contributed by atoms with Gasteiger partial charge in [0.2, 0.25) is 5.78 Å². The van der Waals surface area contributed by atoms with E-state index < -0.39 is 0 Å². The van der Waals surface area contributed by atoms with E-state index in [2.05, 4.69) is 14.7 Å². The highest BCUT2D eigenvalue weighted by Gasteiger charge is 2.15.